The minimum Gasteiger partial charge on any atom is -0.469 e. The fourth-order valence-electron chi connectivity index (χ4n) is 1.72. The quantitative estimate of drug-likeness (QED) is 0.815. The van der Waals surface area contributed by atoms with Gasteiger partial charge in [-0.2, -0.15) is 0 Å². The fraction of sp³-hybridized carbons (Fsp3) is 0.500. The molecule has 1 aromatic carbocycles. The predicted octanol–water partition coefficient (Wildman–Crippen LogP) is 1.92. The van der Waals surface area contributed by atoms with E-state index in [0.717, 1.165) is 11.1 Å². The van der Waals surface area contributed by atoms with E-state index in [1.165, 1.54) is 7.11 Å². The van der Waals surface area contributed by atoms with Gasteiger partial charge in [0.15, 0.2) is 0 Å². The van der Waals surface area contributed by atoms with Gasteiger partial charge in [0.05, 0.1) is 18.4 Å². The lowest BCUT2D eigenvalue weighted by molar-refractivity contribution is -0.141. The Morgan fingerprint density at radius 3 is 2.45 bits per heavy atom. The molecule has 20 heavy (non-hydrogen) atoms. The summed E-state index contributed by atoms with van der Waals surface area (Å²) in [5.41, 5.74) is 1.94. The van der Waals surface area contributed by atoms with Gasteiger partial charge in [-0.25, -0.2) is 13.1 Å². The van der Waals surface area contributed by atoms with Crippen LogP contribution in [0.5, 0.6) is 0 Å². The van der Waals surface area contributed by atoms with E-state index in [1.807, 2.05) is 20.8 Å². The number of aryl methyl sites for hydroxylation is 2. The molecule has 6 heteroatoms. The van der Waals surface area contributed by atoms with Crippen LogP contribution in [0.1, 0.15) is 30.9 Å². The van der Waals surface area contributed by atoms with Gasteiger partial charge in [-0.05, 0) is 43.5 Å². The van der Waals surface area contributed by atoms with Crippen molar-refractivity contribution >= 4 is 16.0 Å². The van der Waals surface area contributed by atoms with Gasteiger partial charge >= 0.3 is 5.97 Å². The van der Waals surface area contributed by atoms with E-state index in [9.17, 15) is 13.2 Å². The highest BCUT2D eigenvalue weighted by molar-refractivity contribution is 7.89. The average Bonchev–Trinajstić information content (AvgIpc) is 2.40. The standard InChI is InChI=1S/C14H21NO4S/c1-5-12(9-14(16)19-4)15-20(17,18)13-7-6-10(2)11(3)8-13/h6-8,12,15H,5,9H2,1-4H3. The molecule has 1 N–H and O–H groups in total. The molecule has 0 amide bonds. The molecule has 0 aliphatic heterocycles. The normalized spacial score (nSPS) is 13.0. The predicted molar refractivity (Wildman–Crippen MR) is 76.9 cm³/mol. The van der Waals surface area contributed by atoms with Crippen LogP contribution in [-0.2, 0) is 19.6 Å². The molecule has 0 bridgehead atoms. The molecule has 1 unspecified atom stereocenters. The number of carbonyl (C=O) groups is 1. The van der Waals surface area contributed by atoms with Crippen molar-refractivity contribution in [1.29, 1.82) is 0 Å². The molecule has 0 heterocycles. The Kier molecular flexibility index (Phi) is 5.71. The number of methoxy groups -OCH3 is 1. The van der Waals surface area contributed by atoms with Gasteiger partial charge in [-0.15, -0.1) is 0 Å². The maximum Gasteiger partial charge on any atom is 0.307 e. The van der Waals surface area contributed by atoms with Crippen molar-refractivity contribution in [2.24, 2.45) is 0 Å². The fourth-order valence-corrected chi connectivity index (χ4v) is 3.13. The number of hydrogen-bond donors (Lipinski definition) is 1. The molecule has 0 aromatic heterocycles. The second-order valence-electron chi connectivity index (χ2n) is 4.75. The summed E-state index contributed by atoms with van der Waals surface area (Å²) >= 11 is 0. The van der Waals surface area contributed by atoms with Crippen molar-refractivity contribution in [3.63, 3.8) is 0 Å². The van der Waals surface area contributed by atoms with Crippen LogP contribution in [0.2, 0.25) is 0 Å². The zero-order valence-corrected chi connectivity index (χ0v) is 13.1. The summed E-state index contributed by atoms with van der Waals surface area (Å²) in [7, 11) is -2.34. The Labute approximate surface area is 120 Å². The van der Waals surface area contributed by atoms with Crippen molar-refractivity contribution in [1.82, 2.24) is 4.72 Å². The summed E-state index contributed by atoms with van der Waals surface area (Å²) in [6.45, 7) is 5.60. The van der Waals surface area contributed by atoms with Gasteiger partial charge in [-0.3, -0.25) is 4.79 Å². The molecule has 0 saturated heterocycles. The monoisotopic (exact) mass is 299 g/mol. The lowest BCUT2D eigenvalue weighted by atomic mass is 10.1. The molecule has 0 aliphatic rings. The van der Waals surface area contributed by atoms with Gasteiger partial charge in [0.25, 0.3) is 0 Å². The van der Waals surface area contributed by atoms with E-state index in [2.05, 4.69) is 9.46 Å². The summed E-state index contributed by atoms with van der Waals surface area (Å²) in [4.78, 5) is 11.5. The van der Waals surface area contributed by atoms with Crippen LogP contribution in [0.25, 0.3) is 0 Å². The van der Waals surface area contributed by atoms with Gasteiger partial charge in [0.2, 0.25) is 10.0 Å². The number of ether oxygens (including phenoxy) is 1. The van der Waals surface area contributed by atoms with Crippen molar-refractivity contribution in [2.45, 2.75) is 44.6 Å². The number of nitrogens with one attached hydrogen (secondary N) is 1. The third-order valence-corrected chi connectivity index (χ3v) is 4.76. The summed E-state index contributed by atoms with van der Waals surface area (Å²) in [5.74, 6) is -0.431. The Morgan fingerprint density at radius 2 is 1.95 bits per heavy atom. The minimum absolute atomic E-state index is 0.0249. The second kappa shape index (κ2) is 6.85. The molecule has 0 saturated carbocycles. The Bertz CT molecular complexity index is 581. The first-order valence-electron chi connectivity index (χ1n) is 6.46. The van der Waals surface area contributed by atoms with E-state index >= 15 is 0 Å². The topological polar surface area (TPSA) is 72.5 Å². The molecule has 112 valence electrons. The molecule has 0 aliphatic carbocycles. The van der Waals surface area contributed by atoms with Crippen LogP contribution in [0, 0.1) is 13.8 Å². The summed E-state index contributed by atoms with van der Waals surface area (Å²) in [5, 5.41) is 0. The summed E-state index contributed by atoms with van der Waals surface area (Å²) in [6, 6.07) is 4.50. The first-order valence-corrected chi connectivity index (χ1v) is 7.95. The molecular weight excluding hydrogens is 278 g/mol. The van der Waals surface area contributed by atoms with Crippen molar-refractivity contribution < 1.29 is 17.9 Å². The molecule has 1 atom stereocenters. The van der Waals surface area contributed by atoms with E-state index in [-0.39, 0.29) is 11.3 Å². The second-order valence-corrected chi connectivity index (χ2v) is 6.47. The Balaban J connectivity index is 2.92. The molecule has 1 aromatic rings. The number of carbonyl (C=O) groups excluding carboxylic acids is 1. The zero-order chi connectivity index (χ0) is 15.3. The Hall–Kier alpha value is -1.40. The molecule has 5 nitrogen and oxygen atoms in total. The number of sulfonamides is 1. The van der Waals surface area contributed by atoms with Crippen LogP contribution in [0.15, 0.2) is 23.1 Å². The first kappa shape index (κ1) is 16.7. The van der Waals surface area contributed by atoms with Crippen molar-refractivity contribution in [2.75, 3.05) is 7.11 Å². The number of benzene rings is 1. The van der Waals surface area contributed by atoms with Gasteiger partial charge < -0.3 is 4.74 Å². The van der Waals surface area contributed by atoms with Crippen molar-refractivity contribution in [3.8, 4) is 0 Å². The molecule has 0 fully saturated rings. The van der Waals surface area contributed by atoms with Gasteiger partial charge in [0, 0.05) is 6.04 Å². The number of esters is 1. The van der Waals surface area contributed by atoms with E-state index < -0.39 is 22.0 Å². The van der Waals surface area contributed by atoms with Crippen LogP contribution < -0.4 is 4.72 Å². The molecular formula is C14H21NO4S. The summed E-state index contributed by atoms with van der Waals surface area (Å²) < 4.78 is 31.6. The molecule has 0 radical (unpaired) electrons. The molecule has 1 rings (SSSR count). The first-order chi connectivity index (χ1) is 9.30. The highest BCUT2D eigenvalue weighted by Gasteiger charge is 2.21. The van der Waals surface area contributed by atoms with Crippen LogP contribution >= 0.6 is 0 Å². The smallest absolute Gasteiger partial charge is 0.307 e. The minimum atomic E-state index is -3.62. The van der Waals surface area contributed by atoms with Gasteiger partial charge in [0.1, 0.15) is 0 Å². The largest absolute Gasteiger partial charge is 0.469 e. The van der Waals surface area contributed by atoms with E-state index in [0.29, 0.717) is 6.42 Å². The van der Waals surface area contributed by atoms with Crippen molar-refractivity contribution in [3.05, 3.63) is 29.3 Å². The highest BCUT2D eigenvalue weighted by Crippen LogP contribution is 2.16. The number of rotatable bonds is 6. The van der Waals surface area contributed by atoms with Crippen LogP contribution in [0.3, 0.4) is 0 Å². The SMILES string of the molecule is CCC(CC(=O)OC)NS(=O)(=O)c1ccc(C)c(C)c1. The number of hydrogen-bond acceptors (Lipinski definition) is 4. The highest BCUT2D eigenvalue weighted by atomic mass is 32.2. The lowest BCUT2D eigenvalue weighted by Gasteiger charge is -2.16. The maximum atomic E-state index is 12.3. The zero-order valence-electron chi connectivity index (χ0n) is 12.3. The molecule has 0 spiro atoms. The average molecular weight is 299 g/mol. The van der Waals surface area contributed by atoms with E-state index in [4.69, 9.17) is 0 Å². The van der Waals surface area contributed by atoms with Crippen LogP contribution in [0.4, 0.5) is 0 Å². The summed E-state index contributed by atoms with van der Waals surface area (Å²) in [6.07, 6.45) is 0.538. The maximum absolute atomic E-state index is 12.3. The van der Waals surface area contributed by atoms with Crippen LogP contribution in [-0.4, -0.2) is 27.5 Å². The lowest BCUT2D eigenvalue weighted by Crippen LogP contribution is -2.36. The third-order valence-electron chi connectivity index (χ3n) is 3.24. The van der Waals surface area contributed by atoms with Gasteiger partial charge in [-0.1, -0.05) is 13.0 Å². The third kappa shape index (κ3) is 4.31. The van der Waals surface area contributed by atoms with E-state index in [1.54, 1.807) is 18.2 Å². The Morgan fingerprint density at radius 1 is 1.30 bits per heavy atom.